The topological polar surface area (TPSA) is 20.2 Å². The predicted molar refractivity (Wildman–Crippen MR) is 81.1 cm³/mol. The van der Waals surface area contributed by atoms with Gasteiger partial charge in [-0.1, -0.05) is 46.4 Å². The number of hydrogen-bond donors (Lipinski definition) is 1. The lowest BCUT2D eigenvalue weighted by Crippen LogP contribution is -1.98. The molecule has 0 bridgehead atoms. The van der Waals surface area contributed by atoms with Gasteiger partial charge in [-0.05, 0) is 28.8 Å². The van der Waals surface area contributed by atoms with Crippen LogP contribution in [0.15, 0.2) is 24.8 Å². The number of benzene rings is 2. The highest BCUT2D eigenvalue weighted by atomic mass is 19.1. The van der Waals surface area contributed by atoms with Crippen molar-refractivity contribution in [2.75, 3.05) is 0 Å². The maximum atomic E-state index is 14.0. The molecule has 3 heteroatoms. The predicted octanol–water partition coefficient (Wildman–Crippen LogP) is 5.62. The van der Waals surface area contributed by atoms with Crippen molar-refractivity contribution in [3.8, 4) is 5.75 Å². The molecule has 0 spiro atoms. The lowest BCUT2D eigenvalue weighted by molar-refractivity contribution is 0.428. The molecule has 0 aliphatic carbocycles. The SMILES string of the molecule is C=Cc1c(F)ccc2cc(O)c(F)c(C(C)C)c12.CC. The zero-order chi connectivity index (χ0) is 15.4. The van der Waals surface area contributed by atoms with E-state index < -0.39 is 17.4 Å². The summed E-state index contributed by atoms with van der Waals surface area (Å²) < 4.78 is 27.8. The van der Waals surface area contributed by atoms with Gasteiger partial charge in [0.1, 0.15) is 5.82 Å². The second-order valence-corrected chi connectivity index (χ2v) is 4.54. The Kier molecular flexibility index (Phi) is 5.26. The third-order valence-electron chi connectivity index (χ3n) is 3.03. The summed E-state index contributed by atoms with van der Waals surface area (Å²) in [6.45, 7) is 11.2. The molecule has 108 valence electrons. The van der Waals surface area contributed by atoms with E-state index >= 15 is 0 Å². The van der Waals surface area contributed by atoms with Gasteiger partial charge in [0.05, 0.1) is 0 Å². The van der Waals surface area contributed by atoms with E-state index in [-0.39, 0.29) is 11.5 Å². The summed E-state index contributed by atoms with van der Waals surface area (Å²) in [6, 6.07) is 4.13. The fourth-order valence-corrected chi connectivity index (χ4v) is 2.23. The lowest BCUT2D eigenvalue weighted by Gasteiger charge is -2.15. The number of aromatic hydroxyl groups is 1. The third-order valence-corrected chi connectivity index (χ3v) is 3.03. The highest BCUT2D eigenvalue weighted by Gasteiger charge is 2.19. The van der Waals surface area contributed by atoms with Gasteiger partial charge < -0.3 is 5.11 Å². The van der Waals surface area contributed by atoms with E-state index in [1.807, 2.05) is 13.8 Å². The maximum absolute atomic E-state index is 14.0. The second kappa shape index (κ2) is 6.51. The van der Waals surface area contributed by atoms with Crippen LogP contribution in [0.3, 0.4) is 0 Å². The first kappa shape index (κ1) is 16.2. The van der Waals surface area contributed by atoms with Gasteiger partial charge >= 0.3 is 0 Å². The van der Waals surface area contributed by atoms with Crippen LogP contribution in [0.1, 0.15) is 44.7 Å². The molecular formula is C17H20F2O. The summed E-state index contributed by atoms with van der Waals surface area (Å²) in [6.07, 6.45) is 1.38. The first-order chi connectivity index (χ1) is 9.47. The van der Waals surface area contributed by atoms with Crippen molar-refractivity contribution in [3.05, 3.63) is 47.5 Å². The molecule has 0 saturated heterocycles. The summed E-state index contributed by atoms with van der Waals surface area (Å²) in [5.41, 5.74) is 0.592. The van der Waals surface area contributed by atoms with Crippen molar-refractivity contribution in [1.29, 1.82) is 0 Å². The molecule has 0 heterocycles. The van der Waals surface area contributed by atoms with Gasteiger partial charge in [0.25, 0.3) is 0 Å². The third kappa shape index (κ3) is 2.67. The van der Waals surface area contributed by atoms with Crippen LogP contribution >= 0.6 is 0 Å². The quantitative estimate of drug-likeness (QED) is 0.756. The Morgan fingerprint density at radius 1 is 1.20 bits per heavy atom. The van der Waals surface area contributed by atoms with Crippen molar-refractivity contribution < 1.29 is 13.9 Å². The Bertz CT molecular complexity index is 631. The van der Waals surface area contributed by atoms with Crippen LogP contribution < -0.4 is 0 Å². The van der Waals surface area contributed by atoms with Gasteiger partial charge in [-0.3, -0.25) is 0 Å². The smallest absolute Gasteiger partial charge is 0.168 e. The molecule has 2 aromatic carbocycles. The largest absolute Gasteiger partial charge is 0.505 e. The summed E-state index contributed by atoms with van der Waals surface area (Å²) in [5.74, 6) is -1.70. The molecule has 0 unspecified atom stereocenters. The summed E-state index contributed by atoms with van der Waals surface area (Å²) >= 11 is 0. The fraction of sp³-hybridized carbons (Fsp3) is 0.294. The molecule has 20 heavy (non-hydrogen) atoms. The summed E-state index contributed by atoms with van der Waals surface area (Å²) in [4.78, 5) is 0. The highest BCUT2D eigenvalue weighted by Crippen LogP contribution is 2.36. The van der Waals surface area contributed by atoms with Gasteiger partial charge in [0.2, 0.25) is 0 Å². The normalized spacial score (nSPS) is 10.3. The first-order valence-corrected chi connectivity index (χ1v) is 6.73. The van der Waals surface area contributed by atoms with Crippen molar-refractivity contribution in [2.24, 2.45) is 0 Å². The Labute approximate surface area is 118 Å². The Morgan fingerprint density at radius 3 is 2.30 bits per heavy atom. The van der Waals surface area contributed by atoms with Crippen LogP contribution in [-0.2, 0) is 0 Å². The Morgan fingerprint density at radius 2 is 1.80 bits per heavy atom. The molecule has 1 N–H and O–H groups in total. The minimum atomic E-state index is -0.689. The Balaban J connectivity index is 0.000000956. The van der Waals surface area contributed by atoms with Crippen LogP contribution in [0.25, 0.3) is 16.8 Å². The van der Waals surface area contributed by atoms with E-state index in [0.717, 1.165) is 0 Å². The number of phenolic OH excluding ortho intramolecular Hbond substituents is 1. The van der Waals surface area contributed by atoms with Crippen molar-refractivity contribution in [1.82, 2.24) is 0 Å². The van der Waals surface area contributed by atoms with Gasteiger partial charge in [-0.25, -0.2) is 8.78 Å². The minimum Gasteiger partial charge on any atom is -0.505 e. The van der Waals surface area contributed by atoms with Gasteiger partial charge in [-0.15, -0.1) is 0 Å². The molecule has 2 aromatic rings. The second-order valence-electron chi connectivity index (χ2n) is 4.54. The van der Waals surface area contributed by atoms with Gasteiger partial charge in [0, 0.05) is 11.1 Å². The van der Waals surface area contributed by atoms with Crippen molar-refractivity contribution >= 4 is 16.8 Å². The summed E-state index contributed by atoms with van der Waals surface area (Å²) in [7, 11) is 0. The number of hydrogen-bond acceptors (Lipinski definition) is 1. The van der Waals surface area contributed by atoms with Gasteiger partial charge in [-0.2, -0.15) is 0 Å². The van der Waals surface area contributed by atoms with Crippen LogP contribution in [0.5, 0.6) is 5.75 Å². The van der Waals surface area contributed by atoms with Crippen LogP contribution in [0, 0.1) is 11.6 Å². The zero-order valence-corrected chi connectivity index (χ0v) is 12.3. The molecule has 0 amide bonds. The van der Waals surface area contributed by atoms with E-state index in [0.29, 0.717) is 16.3 Å². The molecule has 0 aliphatic rings. The molecule has 0 aromatic heterocycles. The van der Waals surface area contributed by atoms with E-state index in [2.05, 4.69) is 6.58 Å². The van der Waals surface area contributed by atoms with Crippen LogP contribution in [-0.4, -0.2) is 5.11 Å². The van der Waals surface area contributed by atoms with E-state index in [1.165, 1.54) is 24.3 Å². The monoisotopic (exact) mass is 278 g/mol. The van der Waals surface area contributed by atoms with E-state index in [4.69, 9.17) is 0 Å². The Hall–Kier alpha value is -1.90. The number of fused-ring (bicyclic) bond motifs is 1. The van der Waals surface area contributed by atoms with Crippen LogP contribution in [0.2, 0.25) is 0 Å². The zero-order valence-electron chi connectivity index (χ0n) is 12.3. The molecule has 0 aliphatic heterocycles. The molecule has 0 saturated carbocycles. The highest BCUT2D eigenvalue weighted by molar-refractivity contribution is 5.95. The number of phenols is 1. The van der Waals surface area contributed by atoms with E-state index in [9.17, 15) is 13.9 Å². The van der Waals surface area contributed by atoms with Crippen LogP contribution in [0.4, 0.5) is 8.78 Å². The average molecular weight is 278 g/mol. The minimum absolute atomic E-state index is 0.167. The molecule has 0 radical (unpaired) electrons. The molecular weight excluding hydrogens is 258 g/mol. The molecule has 2 rings (SSSR count). The standard InChI is InChI=1S/C15H14F2O.C2H6/c1-4-10-11(16)6-5-9-7-12(18)15(17)13(8(2)3)14(9)10;1-2/h4-8,18H,1H2,2-3H3;1-2H3. The number of rotatable bonds is 2. The summed E-state index contributed by atoms with van der Waals surface area (Å²) in [5, 5.41) is 10.7. The first-order valence-electron chi connectivity index (χ1n) is 6.73. The molecule has 0 fully saturated rings. The lowest BCUT2D eigenvalue weighted by atomic mass is 9.91. The molecule has 1 nitrogen and oxygen atoms in total. The fourth-order valence-electron chi connectivity index (χ4n) is 2.23. The maximum Gasteiger partial charge on any atom is 0.168 e. The average Bonchev–Trinajstić information content (AvgIpc) is 2.42. The molecule has 0 atom stereocenters. The van der Waals surface area contributed by atoms with Crippen molar-refractivity contribution in [3.63, 3.8) is 0 Å². The number of halogens is 2. The van der Waals surface area contributed by atoms with E-state index in [1.54, 1.807) is 13.8 Å². The van der Waals surface area contributed by atoms with Gasteiger partial charge in [0.15, 0.2) is 11.6 Å². The van der Waals surface area contributed by atoms with Crippen molar-refractivity contribution in [2.45, 2.75) is 33.6 Å².